The predicted molar refractivity (Wildman–Crippen MR) is 145 cm³/mol. The molecule has 1 saturated carbocycles. The van der Waals surface area contributed by atoms with Gasteiger partial charge in [0.25, 0.3) is 0 Å². The Kier molecular flexibility index (Phi) is 8.14. The van der Waals surface area contributed by atoms with Gasteiger partial charge in [-0.2, -0.15) is 0 Å². The highest BCUT2D eigenvalue weighted by molar-refractivity contribution is 6.30. The first-order chi connectivity index (χ1) is 18.2. The van der Waals surface area contributed by atoms with Crippen LogP contribution in [0.3, 0.4) is 0 Å². The first-order valence-corrected chi connectivity index (χ1v) is 13.8. The summed E-state index contributed by atoms with van der Waals surface area (Å²) in [4.78, 5) is 18.2. The van der Waals surface area contributed by atoms with E-state index in [9.17, 15) is 4.79 Å². The second kappa shape index (κ2) is 11.9. The molecule has 0 radical (unpaired) electrons. The maximum atomic E-state index is 13.6. The number of nitrogens with zero attached hydrogens (tertiary/aromatic N) is 6. The van der Waals surface area contributed by atoms with Crippen LogP contribution >= 0.6 is 11.6 Å². The van der Waals surface area contributed by atoms with Crippen LogP contribution in [-0.2, 0) is 19.5 Å². The topological polar surface area (TPSA) is 94.3 Å². The molecule has 0 amide bonds. The van der Waals surface area contributed by atoms with E-state index < -0.39 is 0 Å². The van der Waals surface area contributed by atoms with Gasteiger partial charge in [0.1, 0.15) is 5.15 Å². The molecule has 4 aromatic rings. The number of halogens is 1. The normalized spacial score (nSPS) is 14.3. The molecule has 0 saturated heterocycles. The van der Waals surface area contributed by atoms with Crippen molar-refractivity contribution in [3.05, 3.63) is 69.5 Å². The van der Waals surface area contributed by atoms with E-state index in [-0.39, 0.29) is 5.69 Å². The highest BCUT2D eigenvalue weighted by Crippen LogP contribution is 2.29. The molecule has 0 unspecified atom stereocenters. The van der Waals surface area contributed by atoms with Gasteiger partial charge < -0.3 is 0 Å². The molecule has 37 heavy (non-hydrogen) atoms. The van der Waals surface area contributed by atoms with Crippen molar-refractivity contribution in [1.29, 1.82) is 0 Å². The van der Waals surface area contributed by atoms with Gasteiger partial charge in [-0.3, -0.25) is 14.1 Å². The lowest BCUT2D eigenvalue weighted by Crippen LogP contribution is -2.28. The van der Waals surface area contributed by atoms with E-state index in [0.717, 1.165) is 60.3 Å². The van der Waals surface area contributed by atoms with E-state index in [4.69, 9.17) is 11.6 Å². The molecule has 3 aromatic heterocycles. The lowest BCUT2D eigenvalue weighted by molar-refractivity contribution is 0.315. The number of nitrogens with one attached hydrogen (secondary N) is 1. The number of aromatic amines is 1. The van der Waals surface area contributed by atoms with Crippen LogP contribution in [0.4, 0.5) is 0 Å². The minimum absolute atomic E-state index is 0.0102. The summed E-state index contributed by atoms with van der Waals surface area (Å²) in [5.74, 6) is 1.11. The van der Waals surface area contributed by atoms with Gasteiger partial charge in [-0.05, 0) is 59.7 Å². The van der Waals surface area contributed by atoms with Gasteiger partial charge in [0, 0.05) is 23.9 Å². The summed E-state index contributed by atoms with van der Waals surface area (Å²) in [5.41, 5.74) is 4.61. The first-order valence-electron chi connectivity index (χ1n) is 13.4. The zero-order valence-corrected chi connectivity index (χ0v) is 22.1. The quantitative estimate of drug-likeness (QED) is 0.263. The molecule has 5 rings (SSSR count). The second-order valence-electron chi connectivity index (χ2n) is 10.0. The highest BCUT2D eigenvalue weighted by Gasteiger charge is 2.22. The zero-order chi connectivity index (χ0) is 25.6. The number of aromatic nitrogens is 7. The minimum Gasteiger partial charge on any atom is -0.290 e. The SMILES string of the molecule is CCCCCc1c(Cl)n(CC2CCCCC2)c(=O)n1Cc1ccc(-c2ncccc2-c2nnn[nH]2)cc1. The fraction of sp³-hybridized carbons (Fsp3) is 0.464. The molecule has 1 N–H and O–H groups in total. The molecule has 1 fully saturated rings. The van der Waals surface area contributed by atoms with Gasteiger partial charge in [-0.25, -0.2) is 9.89 Å². The van der Waals surface area contributed by atoms with Gasteiger partial charge in [0.15, 0.2) is 5.82 Å². The Morgan fingerprint density at radius 2 is 1.86 bits per heavy atom. The van der Waals surface area contributed by atoms with E-state index in [1.54, 1.807) is 6.20 Å². The van der Waals surface area contributed by atoms with Crippen LogP contribution in [0.5, 0.6) is 0 Å². The Morgan fingerprint density at radius 1 is 1.05 bits per heavy atom. The fourth-order valence-corrected chi connectivity index (χ4v) is 5.73. The third kappa shape index (κ3) is 5.69. The van der Waals surface area contributed by atoms with E-state index in [0.29, 0.717) is 23.4 Å². The molecule has 1 aliphatic rings. The van der Waals surface area contributed by atoms with E-state index >= 15 is 0 Å². The highest BCUT2D eigenvalue weighted by atomic mass is 35.5. The Hall–Kier alpha value is -3.26. The summed E-state index contributed by atoms with van der Waals surface area (Å²) in [5, 5.41) is 14.9. The number of pyridine rings is 1. The Labute approximate surface area is 222 Å². The third-order valence-corrected chi connectivity index (χ3v) is 7.84. The van der Waals surface area contributed by atoms with E-state index in [1.807, 2.05) is 33.4 Å². The lowest BCUT2D eigenvalue weighted by Gasteiger charge is -2.21. The van der Waals surface area contributed by atoms with Crippen LogP contribution in [-0.4, -0.2) is 34.7 Å². The summed E-state index contributed by atoms with van der Waals surface area (Å²) in [6, 6.07) is 12.0. The number of hydrogen-bond donors (Lipinski definition) is 1. The molecule has 8 nitrogen and oxygen atoms in total. The van der Waals surface area contributed by atoms with Crippen molar-refractivity contribution < 1.29 is 0 Å². The molecule has 3 heterocycles. The average molecular weight is 520 g/mol. The van der Waals surface area contributed by atoms with Gasteiger partial charge >= 0.3 is 5.69 Å². The second-order valence-corrected chi connectivity index (χ2v) is 10.4. The monoisotopic (exact) mass is 519 g/mol. The maximum absolute atomic E-state index is 13.6. The molecule has 1 aliphatic carbocycles. The standard InChI is InChI=1S/C28H34ClN7O/c1-2-3-5-12-24-26(29)36(19-20-9-6-4-7-10-20)28(37)35(24)18-21-13-15-22(16-14-21)25-23(11-8-17-30-25)27-31-33-34-32-27/h8,11,13-17,20H,2-7,9-10,12,18-19H2,1H3,(H,31,32,33,34). The Bertz CT molecular complexity index is 1350. The van der Waals surface area contributed by atoms with Crippen molar-refractivity contribution in [2.45, 2.75) is 77.8 Å². The number of H-pyrrole nitrogens is 1. The third-order valence-electron chi connectivity index (χ3n) is 7.42. The molecule has 0 bridgehead atoms. The Morgan fingerprint density at radius 3 is 2.59 bits per heavy atom. The van der Waals surface area contributed by atoms with E-state index in [1.165, 1.54) is 32.1 Å². The van der Waals surface area contributed by atoms with Crippen LogP contribution in [0.25, 0.3) is 22.6 Å². The number of imidazole rings is 1. The van der Waals surface area contributed by atoms with Gasteiger partial charge in [-0.1, -0.05) is 74.9 Å². The Balaban J connectivity index is 1.42. The van der Waals surface area contributed by atoms with Gasteiger partial charge in [0.05, 0.1) is 17.9 Å². The van der Waals surface area contributed by atoms with Crippen LogP contribution in [0.1, 0.15) is 69.5 Å². The largest absolute Gasteiger partial charge is 0.329 e. The van der Waals surface area contributed by atoms with E-state index in [2.05, 4.69) is 44.7 Å². The molecular formula is C28H34ClN7O. The number of rotatable bonds is 10. The smallest absolute Gasteiger partial charge is 0.290 e. The summed E-state index contributed by atoms with van der Waals surface area (Å²) >= 11 is 6.89. The molecule has 9 heteroatoms. The van der Waals surface area contributed by atoms with Crippen LogP contribution in [0.15, 0.2) is 47.4 Å². The number of hydrogen-bond acceptors (Lipinski definition) is 5. The van der Waals surface area contributed by atoms with Crippen molar-refractivity contribution >= 4 is 11.6 Å². The van der Waals surface area contributed by atoms with Crippen molar-refractivity contribution in [3.63, 3.8) is 0 Å². The zero-order valence-electron chi connectivity index (χ0n) is 21.4. The van der Waals surface area contributed by atoms with Crippen LogP contribution in [0.2, 0.25) is 5.15 Å². The predicted octanol–water partition coefficient (Wildman–Crippen LogP) is 5.91. The van der Waals surface area contributed by atoms with Gasteiger partial charge in [0.2, 0.25) is 0 Å². The molecule has 194 valence electrons. The number of unbranched alkanes of at least 4 members (excludes halogenated alkanes) is 2. The van der Waals surface area contributed by atoms with Crippen LogP contribution < -0.4 is 5.69 Å². The first kappa shape index (κ1) is 25.4. The van der Waals surface area contributed by atoms with Crippen molar-refractivity contribution in [1.82, 2.24) is 34.7 Å². The van der Waals surface area contributed by atoms with Crippen molar-refractivity contribution in [3.8, 4) is 22.6 Å². The summed E-state index contributed by atoms with van der Waals surface area (Å²) in [6.07, 6.45) is 12.0. The maximum Gasteiger partial charge on any atom is 0.329 e. The fourth-order valence-electron chi connectivity index (χ4n) is 5.39. The average Bonchev–Trinajstić information content (AvgIpc) is 3.55. The number of tetrazole rings is 1. The molecule has 0 aliphatic heterocycles. The molecule has 1 aromatic carbocycles. The summed E-state index contributed by atoms with van der Waals surface area (Å²) in [6.45, 7) is 3.42. The minimum atomic E-state index is 0.0102. The van der Waals surface area contributed by atoms with Crippen molar-refractivity contribution in [2.24, 2.45) is 5.92 Å². The molecule has 0 spiro atoms. The van der Waals surface area contributed by atoms with Gasteiger partial charge in [-0.15, -0.1) is 5.10 Å². The number of benzene rings is 1. The molecule has 0 atom stereocenters. The van der Waals surface area contributed by atoms with Crippen molar-refractivity contribution in [2.75, 3.05) is 0 Å². The summed E-state index contributed by atoms with van der Waals surface area (Å²) in [7, 11) is 0. The van der Waals surface area contributed by atoms with Crippen LogP contribution in [0, 0.1) is 5.92 Å². The lowest BCUT2D eigenvalue weighted by atomic mass is 9.89. The summed E-state index contributed by atoms with van der Waals surface area (Å²) < 4.78 is 3.72. The molecular weight excluding hydrogens is 486 g/mol.